The van der Waals surface area contributed by atoms with Crippen LogP contribution in [0.4, 0.5) is 0 Å². The van der Waals surface area contributed by atoms with Gasteiger partial charge in [-0.15, -0.1) is 0 Å². The van der Waals surface area contributed by atoms with Crippen molar-refractivity contribution in [2.24, 2.45) is 0 Å². The zero-order valence-electron chi connectivity index (χ0n) is 5.02. The van der Waals surface area contributed by atoms with Gasteiger partial charge in [0.05, 0.1) is 0 Å². The molecule has 0 bridgehead atoms. The SMILES string of the molecule is [F-].[F-].[F-].[Sn+3][c]1ccccc1. The maximum atomic E-state index is 2.12. The molecule has 1 rings (SSSR count). The first kappa shape index (κ1) is 16.4. The van der Waals surface area contributed by atoms with Crippen LogP contribution in [0.5, 0.6) is 0 Å². The van der Waals surface area contributed by atoms with Gasteiger partial charge in [-0.2, -0.15) is 0 Å². The van der Waals surface area contributed by atoms with Gasteiger partial charge in [0.2, 0.25) is 0 Å². The van der Waals surface area contributed by atoms with Gasteiger partial charge in [0.25, 0.3) is 0 Å². The van der Waals surface area contributed by atoms with E-state index >= 15 is 0 Å². The normalized spacial score (nSPS) is 6.20. The molecule has 1 aromatic rings. The number of halogens is 3. The van der Waals surface area contributed by atoms with Crippen LogP contribution < -0.4 is 17.7 Å². The fourth-order valence-corrected chi connectivity index (χ4v) is 0.987. The Labute approximate surface area is 70.8 Å². The molecule has 0 atom stereocenters. The third-order valence-corrected chi connectivity index (χ3v) is 1.73. The summed E-state index contributed by atoms with van der Waals surface area (Å²) in [4.78, 5) is 0. The monoisotopic (exact) mass is 254 g/mol. The summed E-state index contributed by atoms with van der Waals surface area (Å²) in [6, 6.07) is 10.4. The average Bonchev–Trinajstić information content (AvgIpc) is 1.69. The minimum atomic E-state index is 0. The summed E-state index contributed by atoms with van der Waals surface area (Å²) >= 11 is 1.49. The van der Waals surface area contributed by atoms with Crippen LogP contribution in [0.1, 0.15) is 0 Å². The van der Waals surface area contributed by atoms with Gasteiger partial charge in [0.15, 0.2) is 0 Å². The van der Waals surface area contributed by atoms with Crippen molar-refractivity contribution in [3.05, 3.63) is 30.3 Å². The number of benzene rings is 1. The molecule has 0 aliphatic carbocycles. The molecule has 0 heterocycles. The second-order valence-corrected chi connectivity index (χ2v) is 3.01. The topological polar surface area (TPSA) is 0 Å². The van der Waals surface area contributed by atoms with Gasteiger partial charge in [0, 0.05) is 0 Å². The summed E-state index contributed by atoms with van der Waals surface area (Å²) in [5.74, 6) is 0. The average molecular weight is 253 g/mol. The van der Waals surface area contributed by atoms with Crippen LogP contribution in [0.25, 0.3) is 0 Å². The van der Waals surface area contributed by atoms with Crippen molar-refractivity contribution in [3.63, 3.8) is 0 Å². The van der Waals surface area contributed by atoms with Crippen molar-refractivity contribution < 1.29 is 14.1 Å². The molecule has 4 heteroatoms. The summed E-state index contributed by atoms with van der Waals surface area (Å²) in [5.41, 5.74) is 0. The van der Waals surface area contributed by atoms with Crippen LogP contribution in [0, 0.1) is 0 Å². The van der Waals surface area contributed by atoms with E-state index in [4.69, 9.17) is 0 Å². The van der Waals surface area contributed by atoms with E-state index in [1.54, 1.807) is 0 Å². The molecule has 54 valence electrons. The summed E-state index contributed by atoms with van der Waals surface area (Å²) in [6.07, 6.45) is 0. The summed E-state index contributed by atoms with van der Waals surface area (Å²) in [5, 5.41) is 0. The predicted octanol–water partition coefficient (Wildman–Crippen LogP) is -8.51. The van der Waals surface area contributed by atoms with Crippen LogP contribution in [-0.2, 0) is 0 Å². The molecule has 0 amide bonds. The second kappa shape index (κ2) is 8.81. The molecule has 0 aliphatic rings. The van der Waals surface area contributed by atoms with E-state index in [0.29, 0.717) is 0 Å². The molecule has 0 radical (unpaired) electrons. The standard InChI is InChI=1S/C6H5.3FH.Sn/c1-2-4-6-5-3-1;;;;/h1-5H;3*1H;/q;;;;+3/p-3. The first-order chi connectivity index (χ1) is 3.39. The van der Waals surface area contributed by atoms with E-state index in [9.17, 15) is 0 Å². The Balaban J connectivity index is -0.000000163. The number of hydrogen-bond acceptors (Lipinski definition) is 0. The molecule has 0 spiro atoms. The molecule has 10 heavy (non-hydrogen) atoms. The van der Waals surface area contributed by atoms with Crippen LogP contribution in [0.3, 0.4) is 0 Å². The Morgan fingerprint density at radius 2 is 1.20 bits per heavy atom. The molecule has 0 fully saturated rings. The van der Waals surface area contributed by atoms with Crippen molar-refractivity contribution in [1.29, 1.82) is 0 Å². The van der Waals surface area contributed by atoms with Crippen LogP contribution in [0.2, 0.25) is 0 Å². The van der Waals surface area contributed by atoms with Crippen LogP contribution in [0.15, 0.2) is 30.3 Å². The zero-order chi connectivity index (χ0) is 5.11. The first-order valence-corrected chi connectivity index (χ1v) is 3.59. The van der Waals surface area contributed by atoms with Crippen molar-refractivity contribution in [2.45, 2.75) is 0 Å². The molecule has 0 N–H and O–H groups in total. The summed E-state index contributed by atoms with van der Waals surface area (Å²) < 4.78 is 1.41. The van der Waals surface area contributed by atoms with Crippen molar-refractivity contribution in [3.8, 4) is 0 Å². The van der Waals surface area contributed by atoms with Gasteiger partial charge in [-0.1, -0.05) is 0 Å². The Morgan fingerprint density at radius 1 is 0.800 bits per heavy atom. The Hall–Kier alpha value is -0.191. The predicted molar refractivity (Wildman–Crippen MR) is 31.8 cm³/mol. The van der Waals surface area contributed by atoms with Crippen molar-refractivity contribution in [2.75, 3.05) is 0 Å². The Morgan fingerprint density at radius 3 is 1.40 bits per heavy atom. The molecule has 0 saturated heterocycles. The number of rotatable bonds is 0. The zero-order valence-corrected chi connectivity index (χ0v) is 7.87. The van der Waals surface area contributed by atoms with Gasteiger partial charge < -0.3 is 14.1 Å². The van der Waals surface area contributed by atoms with E-state index in [2.05, 4.69) is 24.3 Å². The van der Waals surface area contributed by atoms with E-state index in [1.807, 2.05) is 6.07 Å². The third kappa shape index (κ3) is 5.94. The molecular formula is C6H5F3Sn. The molecule has 0 aliphatic heterocycles. The molecule has 0 unspecified atom stereocenters. The van der Waals surface area contributed by atoms with E-state index in [-0.39, 0.29) is 14.1 Å². The Bertz CT molecular complexity index is 143. The molecule has 0 aromatic heterocycles. The third-order valence-electron chi connectivity index (χ3n) is 0.774. The van der Waals surface area contributed by atoms with E-state index in [1.165, 1.54) is 26.1 Å². The van der Waals surface area contributed by atoms with Crippen molar-refractivity contribution >= 4 is 26.1 Å². The van der Waals surface area contributed by atoms with Gasteiger partial charge in [-0.25, -0.2) is 0 Å². The quantitative estimate of drug-likeness (QED) is 0.403. The van der Waals surface area contributed by atoms with Crippen LogP contribution in [-0.4, -0.2) is 22.5 Å². The van der Waals surface area contributed by atoms with Gasteiger partial charge in [-0.3, -0.25) is 0 Å². The van der Waals surface area contributed by atoms with Gasteiger partial charge in [-0.05, 0) is 0 Å². The van der Waals surface area contributed by atoms with Gasteiger partial charge in [0.1, 0.15) is 0 Å². The fourth-order valence-electron chi connectivity index (χ4n) is 0.438. The van der Waals surface area contributed by atoms with Crippen molar-refractivity contribution in [1.82, 2.24) is 0 Å². The molecule has 0 saturated carbocycles. The first-order valence-electron chi connectivity index (χ1n) is 2.16. The Kier molecular flexibility index (Phi) is 14.5. The fraction of sp³-hybridized carbons (Fsp3) is 0. The van der Waals surface area contributed by atoms with Gasteiger partial charge >= 0.3 is 56.4 Å². The second-order valence-electron chi connectivity index (χ2n) is 1.37. The van der Waals surface area contributed by atoms with E-state index in [0.717, 1.165) is 0 Å². The molecule has 0 nitrogen and oxygen atoms in total. The van der Waals surface area contributed by atoms with E-state index < -0.39 is 0 Å². The number of hydrogen-bond donors (Lipinski definition) is 0. The molecule has 1 aromatic carbocycles. The van der Waals surface area contributed by atoms with Crippen LogP contribution >= 0.6 is 0 Å². The molecular weight excluding hydrogens is 248 g/mol. The minimum absolute atomic E-state index is 0. The summed E-state index contributed by atoms with van der Waals surface area (Å²) in [6.45, 7) is 0. The summed E-state index contributed by atoms with van der Waals surface area (Å²) in [7, 11) is 0. The maximum absolute atomic E-state index is 2.12.